The molecule has 9 heavy (non-hydrogen) atoms. The van der Waals surface area contributed by atoms with Crippen molar-refractivity contribution < 1.29 is 0 Å². The Kier molecular flexibility index (Phi) is 1.98. The Bertz CT molecular complexity index is 109. The quantitative estimate of drug-likeness (QED) is 0.596. The number of nitrogens with one attached hydrogen (secondary N) is 1. The molecule has 1 unspecified atom stereocenters. The topological polar surface area (TPSA) is 15.3 Å². The Balaban J connectivity index is 2.39. The van der Waals surface area contributed by atoms with E-state index < -0.39 is 0 Å². The van der Waals surface area contributed by atoms with Crippen molar-refractivity contribution in [1.29, 1.82) is 0 Å². The first-order valence-electron chi connectivity index (χ1n) is 3.57. The lowest BCUT2D eigenvalue weighted by Gasteiger charge is -2.22. The first-order valence-corrected chi connectivity index (χ1v) is 3.57. The minimum Gasteiger partial charge on any atom is -0.370 e. The van der Waals surface area contributed by atoms with Crippen molar-refractivity contribution in [1.82, 2.24) is 10.2 Å². The van der Waals surface area contributed by atoms with Gasteiger partial charge < -0.3 is 10.2 Å². The van der Waals surface area contributed by atoms with E-state index in [0.717, 1.165) is 6.54 Å². The second-order valence-corrected chi connectivity index (χ2v) is 2.24. The average Bonchev–Trinajstić information content (AvgIpc) is 2.33. The van der Waals surface area contributed by atoms with E-state index in [9.17, 15) is 0 Å². The molecule has 0 saturated carbocycles. The predicted molar refractivity (Wildman–Crippen MR) is 38.7 cm³/mol. The molecule has 1 atom stereocenters. The van der Waals surface area contributed by atoms with Crippen LogP contribution in [0, 0.1) is 0 Å². The van der Waals surface area contributed by atoms with Gasteiger partial charge in [-0.2, -0.15) is 0 Å². The molecule has 0 bridgehead atoms. The van der Waals surface area contributed by atoms with E-state index in [4.69, 9.17) is 0 Å². The van der Waals surface area contributed by atoms with E-state index in [0.29, 0.717) is 6.17 Å². The van der Waals surface area contributed by atoms with Crippen LogP contribution in [0.25, 0.3) is 0 Å². The minimum atomic E-state index is 0.551. The Hall–Kier alpha value is -0.660. The molecule has 1 heterocycles. The second kappa shape index (κ2) is 2.76. The Morgan fingerprint density at radius 2 is 2.33 bits per heavy atom. The zero-order valence-corrected chi connectivity index (χ0v) is 6.09. The first kappa shape index (κ1) is 6.46. The smallest absolute Gasteiger partial charge is 0.0978 e. The number of rotatable bonds is 2. The van der Waals surface area contributed by atoms with Crippen molar-refractivity contribution in [2.24, 2.45) is 0 Å². The monoisotopic (exact) mass is 126 g/mol. The third kappa shape index (κ3) is 1.18. The van der Waals surface area contributed by atoms with Gasteiger partial charge in [-0.1, -0.05) is 6.92 Å². The summed E-state index contributed by atoms with van der Waals surface area (Å²) in [6.45, 7) is 5.45. The molecule has 1 N–H and O–H groups in total. The molecule has 1 rings (SSSR count). The summed E-state index contributed by atoms with van der Waals surface area (Å²) in [6, 6.07) is 0. The third-order valence-corrected chi connectivity index (χ3v) is 1.71. The van der Waals surface area contributed by atoms with Crippen LogP contribution >= 0.6 is 0 Å². The largest absolute Gasteiger partial charge is 0.370 e. The number of nitrogens with zero attached hydrogens (tertiary/aromatic N) is 1. The Morgan fingerprint density at radius 1 is 1.56 bits per heavy atom. The lowest BCUT2D eigenvalue weighted by atomic mass is 10.3. The molecule has 0 aromatic rings. The van der Waals surface area contributed by atoms with E-state index in [1.165, 1.54) is 6.42 Å². The molecule has 2 heteroatoms. The molecule has 0 amide bonds. The van der Waals surface area contributed by atoms with E-state index in [1.807, 2.05) is 6.20 Å². The molecule has 0 aromatic heterocycles. The first-order chi connectivity index (χ1) is 4.38. The predicted octanol–water partition coefficient (Wildman–Crippen LogP) is 1.12. The van der Waals surface area contributed by atoms with Gasteiger partial charge in [0.15, 0.2) is 0 Å². The van der Waals surface area contributed by atoms with Crippen molar-refractivity contribution >= 4 is 0 Å². The van der Waals surface area contributed by atoms with Crippen LogP contribution in [0.1, 0.15) is 20.3 Å². The lowest BCUT2D eigenvalue weighted by Crippen LogP contribution is -2.34. The van der Waals surface area contributed by atoms with Gasteiger partial charge in [-0.15, -0.1) is 0 Å². The van der Waals surface area contributed by atoms with Crippen LogP contribution in [0.4, 0.5) is 0 Å². The number of hydrogen-bond acceptors (Lipinski definition) is 2. The van der Waals surface area contributed by atoms with Crippen LogP contribution in [0.3, 0.4) is 0 Å². The second-order valence-electron chi connectivity index (χ2n) is 2.24. The molecule has 1 aliphatic rings. The summed E-state index contributed by atoms with van der Waals surface area (Å²) in [4.78, 5) is 2.29. The molecule has 0 saturated heterocycles. The highest BCUT2D eigenvalue weighted by Gasteiger charge is 2.12. The van der Waals surface area contributed by atoms with Crippen molar-refractivity contribution in [2.45, 2.75) is 26.4 Å². The Morgan fingerprint density at radius 3 is 2.78 bits per heavy atom. The van der Waals surface area contributed by atoms with Crippen molar-refractivity contribution in [3.63, 3.8) is 0 Å². The summed E-state index contributed by atoms with van der Waals surface area (Å²) in [5.74, 6) is 0. The van der Waals surface area contributed by atoms with Gasteiger partial charge in [0.2, 0.25) is 0 Å². The van der Waals surface area contributed by atoms with Gasteiger partial charge in [0.25, 0.3) is 0 Å². The zero-order chi connectivity index (χ0) is 6.69. The van der Waals surface area contributed by atoms with Gasteiger partial charge in [0.05, 0.1) is 6.17 Å². The normalized spacial score (nSPS) is 24.7. The van der Waals surface area contributed by atoms with Gasteiger partial charge in [-0.05, 0) is 13.3 Å². The molecule has 2 nitrogen and oxygen atoms in total. The van der Waals surface area contributed by atoms with Crippen LogP contribution in [-0.4, -0.2) is 17.6 Å². The maximum Gasteiger partial charge on any atom is 0.0978 e. The highest BCUT2D eigenvalue weighted by molar-refractivity contribution is 4.92. The minimum absolute atomic E-state index is 0.551. The summed E-state index contributed by atoms with van der Waals surface area (Å²) < 4.78 is 0. The van der Waals surface area contributed by atoms with E-state index >= 15 is 0 Å². The summed E-state index contributed by atoms with van der Waals surface area (Å²) in [5, 5.41) is 3.25. The molecule has 0 aromatic carbocycles. The summed E-state index contributed by atoms with van der Waals surface area (Å²) in [7, 11) is 0. The maximum atomic E-state index is 3.25. The summed E-state index contributed by atoms with van der Waals surface area (Å²) in [5.41, 5.74) is 0. The molecule has 0 aliphatic carbocycles. The van der Waals surface area contributed by atoms with Crippen molar-refractivity contribution in [3.8, 4) is 0 Å². The molecule has 52 valence electrons. The van der Waals surface area contributed by atoms with Crippen LogP contribution in [0.15, 0.2) is 12.4 Å². The van der Waals surface area contributed by atoms with Crippen LogP contribution in [0.2, 0.25) is 0 Å². The van der Waals surface area contributed by atoms with E-state index in [1.54, 1.807) is 0 Å². The summed E-state index contributed by atoms with van der Waals surface area (Å²) in [6.07, 6.45) is 5.84. The average molecular weight is 126 g/mol. The molecular weight excluding hydrogens is 112 g/mol. The van der Waals surface area contributed by atoms with E-state index in [2.05, 4.69) is 30.3 Å². The van der Waals surface area contributed by atoms with E-state index in [-0.39, 0.29) is 0 Å². The van der Waals surface area contributed by atoms with Crippen molar-refractivity contribution in [3.05, 3.63) is 12.4 Å². The fourth-order valence-electron chi connectivity index (χ4n) is 1.13. The van der Waals surface area contributed by atoms with Gasteiger partial charge in [0.1, 0.15) is 0 Å². The SMILES string of the molecule is CCC1NC=CN1CC. The maximum absolute atomic E-state index is 3.25. The standard InChI is InChI=1S/C7H14N2/c1-3-7-8-5-6-9(7)4-2/h5-8H,3-4H2,1-2H3. The fraction of sp³-hybridized carbons (Fsp3) is 0.714. The van der Waals surface area contributed by atoms with Crippen LogP contribution in [0.5, 0.6) is 0 Å². The van der Waals surface area contributed by atoms with Crippen LogP contribution < -0.4 is 5.32 Å². The van der Waals surface area contributed by atoms with Gasteiger partial charge in [-0.3, -0.25) is 0 Å². The molecule has 0 spiro atoms. The third-order valence-electron chi connectivity index (χ3n) is 1.71. The highest BCUT2D eigenvalue weighted by Crippen LogP contribution is 2.05. The Labute approximate surface area is 56.5 Å². The van der Waals surface area contributed by atoms with Crippen molar-refractivity contribution in [2.75, 3.05) is 6.54 Å². The van der Waals surface area contributed by atoms with Gasteiger partial charge in [0, 0.05) is 18.9 Å². The molecule has 0 fully saturated rings. The lowest BCUT2D eigenvalue weighted by molar-refractivity contribution is 0.284. The number of hydrogen-bond donors (Lipinski definition) is 1. The molecular formula is C7H14N2. The highest BCUT2D eigenvalue weighted by atomic mass is 15.3. The molecule has 1 aliphatic heterocycles. The fourth-order valence-corrected chi connectivity index (χ4v) is 1.13. The van der Waals surface area contributed by atoms with Gasteiger partial charge in [-0.25, -0.2) is 0 Å². The summed E-state index contributed by atoms with van der Waals surface area (Å²) >= 11 is 0. The zero-order valence-electron chi connectivity index (χ0n) is 6.09. The van der Waals surface area contributed by atoms with Crippen LogP contribution in [-0.2, 0) is 0 Å². The molecule has 0 radical (unpaired) electrons. The van der Waals surface area contributed by atoms with Gasteiger partial charge >= 0.3 is 0 Å².